The van der Waals surface area contributed by atoms with Gasteiger partial charge in [-0.1, -0.05) is 26.2 Å². The Morgan fingerprint density at radius 3 is 2.39 bits per heavy atom. The third-order valence-electron chi connectivity index (χ3n) is 7.39. The summed E-state index contributed by atoms with van der Waals surface area (Å²) in [6.45, 7) is 11.8. The molecule has 0 aromatic rings. The number of nitrogens with zero attached hydrogens (tertiary/aromatic N) is 3. The minimum absolute atomic E-state index is 0. The largest absolute Gasteiger partial charge is 0.357 e. The first-order valence-corrected chi connectivity index (χ1v) is 13.5. The summed E-state index contributed by atoms with van der Waals surface area (Å²) in [7, 11) is 0. The minimum atomic E-state index is 0. The van der Waals surface area contributed by atoms with E-state index in [1.807, 2.05) is 0 Å². The van der Waals surface area contributed by atoms with Gasteiger partial charge in [-0.3, -0.25) is 19.6 Å². The summed E-state index contributed by atoms with van der Waals surface area (Å²) in [4.78, 5) is 22.0. The fourth-order valence-electron chi connectivity index (χ4n) is 5.51. The Balaban J connectivity index is 0.00000385. The third-order valence-corrected chi connectivity index (χ3v) is 7.39. The lowest BCUT2D eigenvalue weighted by molar-refractivity contribution is -0.122. The van der Waals surface area contributed by atoms with Crippen molar-refractivity contribution in [2.45, 2.75) is 90.1 Å². The highest BCUT2D eigenvalue weighted by atomic mass is 127. The number of carbonyl (C=O) groups excluding carboxylic acids is 1. The van der Waals surface area contributed by atoms with Gasteiger partial charge in [-0.05, 0) is 64.3 Å². The number of rotatable bonds is 10. The van der Waals surface area contributed by atoms with Crippen LogP contribution in [0.4, 0.5) is 0 Å². The van der Waals surface area contributed by atoms with Crippen LogP contribution in [0.3, 0.4) is 0 Å². The molecule has 0 aromatic heterocycles. The number of hydrogen-bond acceptors (Lipinski definition) is 4. The predicted molar refractivity (Wildman–Crippen MR) is 148 cm³/mol. The first-order chi connectivity index (χ1) is 15.7. The van der Waals surface area contributed by atoms with Gasteiger partial charge in [0.1, 0.15) is 0 Å². The van der Waals surface area contributed by atoms with Crippen LogP contribution in [0.25, 0.3) is 0 Å². The van der Waals surface area contributed by atoms with Gasteiger partial charge in [-0.25, -0.2) is 0 Å². The van der Waals surface area contributed by atoms with Gasteiger partial charge in [-0.2, -0.15) is 0 Å². The molecule has 2 heterocycles. The van der Waals surface area contributed by atoms with Gasteiger partial charge >= 0.3 is 0 Å². The average Bonchev–Trinajstić information content (AvgIpc) is 3.25. The van der Waals surface area contributed by atoms with Gasteiger partial charge in [0.2, 0.25) is 5.91 Å². The number of guanidine groups is 1. The Hall–Kier alpha value is -0.610. The van der Waals surface area contributed by atoms with E-state index in [1.165, 1.54) is 58.0 Å². The molecule has 0 bridgehead atoms. The second-order valence-corrected chi connectivity index (χ2v) is 10.1. The Kier molecular flexibility index (Phi) is 14.0. The smallest absolute Gasteiger partial charge is 0.234 e. The molecular weight excluding hydrogens is 527 g/mol. The van der Waals surface area contributed by atoms with Crippen LogP contribution in [-0.2, 0) is 4.79 Å². The van der Waals surface area contributed by atoms with E-state index in [-0.39, 0.29) is 29.9 Å². The van der Waals surface area contributed by atoms with E-state index in [0.29, 0.717) is 18.6 Å². The topological polar surface area (TPSA) is 72.0 Å². The summed E-state index contributed by atoms with van der Waals surface area (Å²) in [5, 5.41) is 10.1. The van der Waals surface area contributed by atoms with E-state index in [4.69, 9.17) is 4.99 Å². The number of likely N-dealkylation sites (tertiary alicyclic amines) is 2. The van der Waals surface area contributed by atoms with Crippen LogP contribution in [0.5, 0.6) is 0 Å². The summed E-state index contributed by atoms with van der Waals surface area (Å²) >= 11 is 0. The fourth-order valence-corrected chi connectivity index (χ4v) is 5.51. The van der Waals surface area contributed by atoms with Crippen LogP contribution < -0.4 is 16.0 Å². The van der Waals surface area contributed by atoms with Crippen molar-refractivity contribution in [2.75, 3.05) is 52.4 Å². The van der Waals surface area contributed by atoms with Gasteiger partial charge in [0.15, 0.2) is 5.96 Å². The van der Waals surface area contributed by atoms with Crippen LogP contribution in [0.1, 0.15) is 78.1 Å². The maximum atomic E-state index is 12.0. The fraction of sp³-hybridized carbons (Fsp3) is 0.920. The van der Waals surface area contributed by atoms with Crippen molar-refractivity contribution in [1.29, 1.82) is 0 Å². The van der Waals surface area contributed by atoms with Gasteiger partial charge < -0.3 is 16.0 Å². The zero-order valence-corrected chi connectivity index (χ0v) is 23.4. The Bertz CT molecular complexity index is 575. The number of hydrogen-bond donors (Lipinski definition) is 3. The zero-order valence-electron chi connectivity index (χ0n) is 21.1. The van der Waals surface area contributed by atoms with Crippen molar-refractivity contribution in [3.8, 4) is 0 Å². The summed E-state index contributed by atoms with van der Waals surface area (Å²) in [6.07, 6.45) is 12.9. The molecule has 1 atom stereocenters. The maximum Gasteiger partial charge on any atom is 0.234 e. The molecule has 0 radical (unpaired) electrons. The number of piperidine rings is 1. The van der Waals surface area contributed by atoms with Crippen molar-refractivity contribution >= 4 is 35.8 Å². The molecule has 3 N–H and O–H groups in total. The lowest BCUT2D eigenvalue weighted by Crippen LogP contribution is -2.50. The molecule has 0 spiro atoms. The number of aliphatic imine (C=N–C) groups is 1. The maximum absolute atomic E-state index is 12.0. The van der Waals surface area contributed by atoms with E-state index in [9.17, 15) is 4.79 Å². The first kappa shape index (κ1) is 28.6. The van der Waals surface area contributed by atoms with Gasteiger partial charge in [-0.15, -0.1) is 24.0 Å². The van der Waals surface area contributed by atoms with E-state index < -0.39 is 0 Å². The highest BCUT2D eigenvalue weighted by Crippen LogP contribution is 2.27. The number of carbonyl (C=O) groups is 1. The quantitative estimate of drug-likeness (QED) is 0.212. The SMILES string of the molecule is CCCNC(=O)CN1CCC(NC(=NCC2CCCN2CC2CCCCC2)NCC)CC1.I. The molecule has 1 unspecified atom stereocenters. The van der Waals surface area contributed by atoms with E-state index in [2.05, 4.69) is 39.6 Å². The summed E-state index contributed by atoms with van der Waals surface area (Å²) in [6, 6.07) is 1.04. The summed E-state index contributed by atoms with van der Waals surface area (Å²) in [5.41, 5.74) is 0. The van der Waals surface area contributed by atoms with Crippen molar-refractivity contribution < 1.29 is 4.79 Å². The van der Waals surface area contributed by atoms with Crippen LogP contribution in [-0.4, -0.2) is 86.1 Å². The Morgan fingerprint density at radius 1 is 0.939 bits per heavy atom. The second-order valence-electron chi connectivity index (χ2n) is 10.1. The lowest BCUT2D eigenvalue weighted by atomic mass is 9.89. The highest BCUT2D eigenvalue weighted by molar-refractivity contribution is 14.0. The third kappa shape index (κ3) is 10.3. The molecule has 1 amide bonds. The number of amides is 1. The van der Waals surface area contributed by atoms with E-state index in [0.717, 1.165) is 63.9 Å². The van der Waals surface area contributed by atoms with E-state index in [1.54, 1.807) is 0 Å². The lowest BCUT2D eigenvalue weighted by Gasteiger charge is -2.33. The summed E-state index contributed by atoms with van der Waals surface area (Å²) in [5.74, 6) is 2.03. The zero-order chi connectivity index (χ0) is 22.6. The molecule has 2 aliphatic heterocycles. The molecule has 3 fully saturated rings. The van der Waals surface area contributed by atoms with Crippen molar-refractivity contribution in [3.05, 3.63) is 0 Å². The molecule has 1 aliphatic carbocycles. The van der Waals surface area contributed by atoms with Crippen LogP contribution in [0, 0.1) is 5.92 Å². The second kappa shape index (κ2) is 16.1. The predicted octanol–water partition coefficient (Wildman–Crippen LogP) is 3.19. The van der Waals surface area contributed by atoms with Gasteiger partial charge in [0.05, 0.1) is 13.1 Å². The molecule has 7 nitrogen and oxygen atoms in total. The first-order valence-electron chi connectivity index (χ1n) is 13.5. The molecule has 1 saturated carbocycles. The molecule has 3 aliphatic rings. The number of nitrogens with one attached hydrogen (secondary N) is 3. The van der Waals surface area contributed by atoms with Crippen LogP contribution in [0.15, 0.2) is 4.99 Å². The van der Waals surface area contributed by atoms with Gasteiger partial charge in [0.25, 0.3) is 0 Å². The molecule has 8 heteroatoms. The Morgan fingerprint density at radius 2 is 1.70 bits per heavy atom. The summed E-state index contributed by atoms with van der Waals surface area (Å²) < 4.78 is 0. The molecule has 3 rings (SSSR count). The monoisotopic (exact) mass is 576 g/mol. The molecule has 33 heavy (non-hydrogen) atoms. The van der Waals surface area contributed by atoms with Crippen molar-refractivity contribution in [1.82, 2.24) is 25.8 Å². The van der Waals surface area contributed by atoms with Crippen molar-refractivity contribution in [3.63, 3.8) is 0 Å². The molecule has 2 saturated heterocycles. The molecule has 192 valence electrons. The average molecular weight is 577 g/mol. The highest BCUT2D eigenvalue weighted by Gasteiger charge is 2.27. The molecular formula is C25H49IN6O. The minimum Gasteiger partial charge on any atom is -0.357 e. The normalized spacial score (nSPS) is 23.8. The van der Waals surface area contributed by atoms with Gasteiger partial charge in [0, 0.05) is 44.8 Å². The molecule has 0 aromatic carbocycles. The Labute approximate surface area is 219 Å². The van der Waals surface area contributed by atoms with Crippen molar-refractivity contribution in [2.24, 2.45) is 10.9 Å². The van der Waals surface area contributed by atoms with Crippen LogP contribution in [0.2, 0.25) is 0 Å². The van der Waals surface area contributed by atoms with E-state index >= 15 is 0 Å². The number of halogens is 1. The van der Waals surface area contributed by atoms with Crippen LogP contribution >= 0.6 is 24.0 Å². The standard InChI is InChI=1S/C25H48N6O.HI/c1-3-14-27-24(32)20-30-16-12-22(13-17-30)29-25(26-4-2)28-18-23-11-8-15-31(23)19-21-9-6-5-7-10-21;/h21-23H,3-20H2,1-2H3,(H,27,32)(H2,26,28,29);1H.